The molecule has 1 unspecified atom stereocenters. The van der Waals surface area contributed by atoms with Crippen molar-refractivity contribution in [2.75, 3.05) is 13.1 Å². The maximum Gasteiger partial charge on any atom is 0.0545 e. The van der Waals surface area contributed by atoms with E-state index in [0.717, 1.165) is 31.0 Å². The third kappa shape index (κ3) is 3.99. The molecule has 1 N–H and O–H groups in total. The molecule has 118 valence electrons. The van der Waals surface area contributed by atoms with Gasteiger partial charge in [0.2, 0.25) is 0 Å². The summed E-state index contributed by atoms with van der Waals surface area (Å²) >= 11 is 8.39. The van der Waals surface area contributed by atoms with E-state index in [2.05, 4.69) is 54.7 Å². The Kier molecular flexibility index (Phi) is 6.64. The molecular formula is C18H21Cl2NS. The molecule has 2 aromatic rings. The maximum absolute atomic E-state index is 6.50. The quantitative estimate of drug-likeness (QED) is 0.751. The number of rotatable bonds is 3. The van der Waals surface area contributed by atoms with Gasteiger partial charge in [0, 0.05) is 10.1 Å². The Morgan fingerprint density at radius 3 is 2.55 bits per heavy atom. The second kappa shape index (κ2) is 8.26. The summed E-state index contributed by atoms with van der Waals surface area (Å²) in [5.74, 6) is 0. The highest BCUT2D eigenvalue weighted by molar-refractivity contribution is 7.99. The molecule has 3 rings (SSSR count). The molecule has 1 atom stereocenters. The standard InChI is InChI=1S/C18H20ClNS.ClH/c1-13(14-5-3-2-4-6-14)21-18-16-10-12-20-11-9-15(16)7-8-17(18)19;/h2-8,13,20H,9-12H2,1H3;1H. The lowest BCUT2D eigenvalue weighted by molar-refractivity contribution is 0.709. The predicted molar refractivity (Wildman–Crippen MR) is 99.7 cm³/mol. The molecule has 0 fully saturated rings. The number of fused-ring (bicyclic) bond motifs is 1. The van der Waals surface area contributed by atoms with Crippen molar-refractivity contribution in [3.05, 3.63) is 64.2 Å². The number of benzene rings is 2. The zero-order chi connectivity index (χ0) is 14.7. The third-order valence-electron chi connectivity index (χ3n) is 4.00. The zero-order valence-electron chi connectivity index (χ0n) is 12.6. The van der Waals surface area contributed by atoms with Crippen LogP contribution in [0.2, 0.25) is 5.02 Å². The van der Waals surface area contributed by atoms with Crippen LogP contribution in [0.5, 0.6) is 0 Å². The number of nitrogens with one attached hydrogen (secondary N) is 1. The lowest BCUT2D eigenvalue weighted by atomic mass is 10.0. The van der Waals surface area contributed by atoms with E-state index in [-0.39, 0.29) is 12.4 Å². The molecular weight excluding hydrogens is 333 g/mol. The molecule has 4 heteroatoms. The van der Waals surface area contributed by atoms with Gasteiger partial charge in [0.15, 0.2) is 0 Å². The van der Waals surface area contributed by atoms with Crippen molar-refractivity contribution in [2.45, 2.75) is 29.9 Å². The van der Waals surface area contributed by atoms with Gasteiger partial charge in [-0.25, -0.2) is 0 Å². The van der Waals surface area contributed by atoms with Gasteiger partial charge in [-0.1, -0.05) is 48.0 Å². The van der Waals surface area contributed by atoms with Gasteiger partial charge in [-0.3, -0.25) is 0 Å². The minimum absolute atomic E-state index is 0. The summed E-state index contributed by atoms with van der Waals surface area (Å²) in [5.41, 5.74) is 4.25. The number of thioether (sulfide) groups is 1. The second-order valence-electron chi connectivity index (χ2n) is 5.43. The molecule has 0 amide bonds. The van der Waals surface area contributed by atoms with Gasteiger partial charge in [0.25, 0.3) is 0 Å². The normalized spacial score (nSPS) is 15.4. The smallest absolute Gasteiger partial charge is 0.0545 e. The molecule has 0 spiro atoms. The van der Waals surface area contributed by atoms with Crippen molar-refractivity contribution in [3.63, 3.8) is 0 Å². The summed E-state index contributed by atoms with van der Waals surface area (Å²) in [6, 6.07) is 14.9. The summed E-state index contributed by atoms with van der Waals surface area (Å²) in [5, 5.41) is 4.77. The van der Waals surface area contributed by atoms with Crippen molar-refractivity contribution in [1.82, 2.24) is 5.32 Å². The van der Waals surface area contributed by atoms with Gasteiger partial charge < -0.3 is 5.32 Å². The van der Waals surface area contributed by atoms with Gasteiger partial charge in [-0.2, -0.15) is 0 Å². The van der Waals surface area contributed by atoms with E-state index in [1.807, 2.05) is 11.8 Å². The summed E-state index contributed by atoms with van der Waals surface area (Å²) in [4.78, 5) is 1.27. The van der Waals surface area contributed by atoms with Crippen LogP contribution >= 0.6 is 35.8 Å². The lowest BCUT2D eigenvalue weighted by Gasteiger charge is -2.18. The monoisotopic (exact) mass is 353 g/mol. The van der Waals surface area contributed by atoms with E-state index < -0.39 is 0 Å². The fourth-order valence-electron chi connectivity index (χ4n) is 2.81. The van der Waals surface area contributed by atoms with Crippen LogP contribution in [-0.4, -0.2) is 13.1 Å². The first-order valence-electron chi connectivity index (χ1n) is 7.48. The Hall–Kier alpha value is -0.670. The summed E-state index contributed by atoms with van der Waals surface area (Å²) in [7, 11) is 0. The Bertz CT molecular complexity index is 616. The molecule has 0 aliphatic carbocycles. The number of hydrogen-bond donors (Lipinski definition) is 1. The Balaban J connectivity index is 0.00000176. The lowest BCUT2D eigenvalue weighted by Crippen LogP contribution is -2.16. The Labute approximate surface area is 148 Å². The van der Waals surface area contributed by atoms with Crippen molar-refractivity contribution < 1.29 is 0 Å². The molecule has 1 heterocycles. The third-order valence-corrected chi connectivity index (χ3v) is 5.75. The minimum Gasteiger partial charge on any atom is -0.316 e. The second-order valence-corrected chi connectivity index (χ2v) is 7.19. The molecule has 0 bridgehead atoms. The average molecular weight is 354 g/mol. The highest BCUT2D eigenvalue weighted by atomic mass is 35.5. The molecule has 22 heavy (non-hydrogen) atoms. The van der Waals surface area contributed by atoms with Gasteiger partial charge >= 0.3 is 0 Å². The first-order valence-corrected chi connectivity index (χ1v) is 8.74. The van der Waals surface area contributed by atoms with Crippen LogP contribution in [0.25, 0.3) is 0 Å². The molecule has 2 aromatic carbocycles. The fraction of sp³-hybridized carbons (Fsp3) is 0.333. The summed E-state index contributed by atoms with van der Waals surface area (Å²) in [6.07, 6.45) is 2.17. The Morgan fingerprint density at radius 2 is 1.77 bits per heavy atom. The van der Waals surface area contributed by atoms with Crippen molar-refractivity contribution in [3.8, 4) is 0 Å². The molecule has 1 aliphatic rings. The van der Waals surface area contributed by atoms with Crippen LogP contribution in [0, 0.1) is 0 Å². The predicted octanol–water partition coefficient (Wildman–Crippen LogP) is 5.30. The van der Waals surface area contributed by atoms with Gasteiger partial charge in [0.05, 0.1) is 5.02 Å². The van der Waals surface area contributed by atoms with Crippen molar-refractivity contribution in [2.24, 2.45) is 0 Å². The van der Waals surface area contributed by atoms with Gasteiger partial charge in [-0.15, -0.1) is 24.2 Å². The molecule has 0 aromatic heterocycles. The zero-order valence-corrected chi connectivity index (χ0v) is 15.0. The molecule has 0 saturated heterocycles. The largest absolute Gasteiger partial charge is 0.316 e. The topological polar surface area (TPSA) is 12.0 Å². The van der Waals surface area contributed by atoms with Crippen LogP contribution in [0.3, 0.4) is 0 Å². The first kappa shape index (κ1) is 17.7. The van der Waals surface area contributed by atoms with E-state index in [1.165, 1.54) is 21.6 Å². The summed E-state index contributed by atoms with van der Waals surface area (Å²) < 4.78 is 0. The SMILES string of the molecule is CC(Sc1c(Cl)ccc2c1CCNCC2)c1ccccc1.Cl. The van der Waals surface area contributed by atoms with E-state index in [0.29, 0.717) is 5.25 Å². The van der Waals surface area contributed by atoms with E-state index in [4.69, 9.17) is 11.6 Å². The van der Waals surface area contributed by atoms with Gasteiger partial charge in [0.1, 0.15) is 0 Å². The van der Waals surface area contributed by atoms with E-state index >= 15 is 0 Å². The van der Waals surface area contributed by atoms with Crippen LogP contribution < -0.4 is 5.32 Å². The van der Waals surface area contributed by atoms with E-state index in [9.17, 15) is 0 Å². The highest BCUT2D eigenvalue weighted by Crippen LogP contribution is 2.42. The number of hydrogen-bond acceptors (Lipinski definition) is 2. The van der Waals surface area contributed by atoms with Crippen LogP contribution in [0.15, 0.2) is 47.4 Å². The molecule has 1 aliphatic heterocycles. The first-order chi connectivity index (χ1) is 10.3. The molecule has 0 radical (unpaired) electrons. The molecule has 1 nitrogen and oxygen atoms in total. The fourth-order valence-corrected chi connectivity index (χ4v) is 4.32. The minimum atomic E-state index is 0. The van der Waals surface area contributed by atoms with Crippen LogP contribution in [0.4, 0.5) is 0 Å². The van der Waals surface area contributed by atoms with Crippen LogP contribution in [-0.2, 0) is 12.8 Å². The highest BCUT2D eigenvalue weighted by Gasteiger charge is 2.18. The van der Waals surface area contributed by atoms with Gasteiger partial charge in [-0.05, 0) is 55.6 Å². The summed E-state index contributed by atoms with van der Waals surface area (Å²) in [6.45, 7) is 4.36. The number of halogens is 2. The average Bonchev–Trinajstić information content (AvgIpc) is 2.76. The molecule has 0 saturated carbocycles. The van der Waals surface area contributed by atoms with Crippen molar-refractivity contribution in [1.29, 1.82) is 0 Å². The van der Waals surface area contributed by atoms with Crippen LogP contribution in [0.1, 0.15) is 28.9 Å². The van der Waals surface area contributed by atoms with Crippen molar-refractivity contribution >= 4 is 35.8 Å². The Morgan fingerprint density at radius 1 is 1.05 bits per heavy atom. The maximum atomic E-state index is 6.50. The van der Waals surface area contributed by atoms with E-state index in [1.54, 1.807) is 0 Å².